The summed E-state index contributed by atoms with van der Waals surface area (Å²) in [5, 5.41) is 3.49. The van der Waals surface area contributed by atoms with E-state index in [0.29, 0.717) is 30.7 Å². The molecule has 17 heavy (non-hydrogen) atoms. The third-order valence-corrected chi connectivity index (χ3v) is 2.42. The number of rotatable bonds is 6. The van der Waals surface area contributed by atoms with E-state index in [1.165, 1.54) is 0 Å². The van der Waals surface area contributed by atoms with E-state index < -0.39 is 0 Å². The van der Waals surface area contributed by atoms with Crippen LogP contribution in [-0.2, 0) is 4.74 Å². The molecule has 0 saturated carbocycles. The van der Waals surface area contributed by atoms with Crippen LogP contribution in [0.5, 0.6) is 0 Å². The number of halogens is 1. The Labute approximate surface area is 107 Å². The minimum Gasteiger partial charge on any atom is -0.375 e. The van der Waals surface area contributed by atoms with Crippen molar-refractivity contribution in [3.63, 3.8) is 0 Å². The van der Waals surface area contributed by atoms with Crippen LogP contribution in [0.2, 0.25) is 5.15 Å². The summed E-state index contributed by atoms with van der Waals surface area (Å²) in [6.07, 6.45) is 0. The molecule has 0 aliphatic heterocycles. The Hall–Kier alpha value is -1.13. The van der Waals surface area contributed by atoms with Gasteiger partial charge in [0.1, 0.15) is 0 Å². The summed E-state index contributed by atoms with van der Waals surface area (Å²) in [7, 11) is 0. The van der Waals surface area contributed by atoms with Crippen LogP contribution in [0.25, 0.3) is 0 Å². The summed E-state index contributed by atoms with van der Waals surface area (Å²) in [6.45, 7) is 11.3. The monoisotopic (exact) mass is 255 g/mol. The molecule has 1 aromatic heterocycles. The van der Waals surface area contributed by atoms with E-state index >= 15 is 0 Å². The molecule has 0 bridgehead atoms. The first-order valence-electron chi connectivity index (χ1n) is 5.47. The van der Waals surface area contributed by atoms with Gasteiger partial charge in [-0.1, -0.05) is 23.8 Å². The number of aryl methyl sites for hydroxylation is 2. The molecule has 1 aromatic rings. The molecule has 0 aliphatic carbocycles. The van der Waals surface area contributed by atoms with Crippen molar-refractivity contribution in [2.45, 2.75) is 20.8 Å². The molecule has 5 heteroatoms. The Morgan fingerprint density at radius 1 is 1.35 bits per heavy atom. The highest BCUT2D eigenvalue weighted by molar-refractivity contribution is 6.31. The number of ether oxygens (including phenoxy) is 1. The fourth-order valence-electron chi connectivity index (χ4n) is 1.18. The second kappa shape index (κ2) is 6.57. The third-order valence-electron chi connectivity index (χ3n) is 2.15. The first kappa shape index (κ1) is 13.9. The van der Waals surface area contributed by atoms with Crippen LogP contribution in [0.1, 0.15) is 18.3 Å². The molecule has 1 rings (SSSR count). The first-order valence-corrected chi connectivity index (χ1v) is 5.85. The minimum atomic E-state index is 0.396. The van der Waals surface area contributed by atoms with Gasteiger partial charge >= 0.3 is 0 Å². The zero-order valence-corrected chi connectivity index (χ0v) is 11.3. The van der Waals surface area contributed by atoms with Crippen molar-refractivity contribution < 1.29 is 4.74 Å². The molecular formula is C12H18ClN3O. The lowest BCUT2D eigenvalue weighted by atomic mass is 10.3. The maximum Gasteiger partial charge on any atom is 0.171 e. The van der Waals surface area contributed by atoms with Gasteiger partial charge in [0.15, 0.2) is 11.0 Å². The van der Waals surface area contributed by atoms with Crippen LogP contribution in [0.15, 0.2) is 12.2 Å². The van der Waals surface area contributed by atoms with Gasteiger partial charge in [-0.25, -0.2) is 9.97 Å². The van der Waals surface area contributed by atoms with E-state index in [-0.39, 0.29) is 0 Å². The molecule has 94 valence electrons. The van der Waals surface area contributed by atoms with Gasteiger partial charge in [0.2, 0.25) is 0 Å². The summed E-state index contributed by atoms with van der Waals surface area (Å²) < 4.78 is 5.36. The van der Waals surface area contributed by atoms with Crippen molar-refractivity contribution >= 4 is 17.4 Å². The number of hydrogen-bond donors (Lipinski definition) is 1. The van der Waals surface area contributed by atoms with Gasteiger partial charge in [-0.3, -0.25) is 0 Å². The molecule has 0 unspecified atom stereocenters. The smallest absolute Gasteiger partial charge is 0.171 e. The molecule has 0 radical (unpaired) electrons. The third kappa shape index (κ3) is 4.71. The fraction of sp³-hybridized carbons (Fsp3) is 0.500. The van der Waals surface area contributed by atoms with Gasteiger partial charge in [0.05, 0.1) is 24.6 Å². The fourth-order valence-corrected chi connectivity index (χ4v) is 1.41. The van der Waals surface area contributed by atoms with Crippen LogP contribution < -0.4 is 5.32 Å². The molecule has 0 atom stereocenters. The molecule has 0 aromatic carbocycles. The zero-order chi connectivity index (χ0) is 12.8. The first-order chi connectivity index (χ1) is 8.00. The van der Waals surface area contributed by atoms with E-state index in [1.54, 1.807) is 0 Å². The highest BCUT2D eigenvalue weighted by Crippen LogP contribution is 2.17. The maximum atomic E-state index is 5.97. The lowest BCUT2D eigenvalue weighted by Crippen LogP contribution is -2.12. The topological polar surface area (TPSA) is 47.0 Å². The summed E-state index contributed by atoms with van der Waals surface area (Å²) in [4.78, 5) is 8.51. The highest BCUT2D eigenvalue weighted by atomic mass is 35.5. The summed E-state index contributed by atoms with van der Waals surface area (Å²) in [5.74, 6) is 0.605. The van der Waals surface area contributed by atoms with Crippen LogP contribution in [0, 0.1) is 13.8 Å². The molecule has 4 nitrogen and oxygen atoms in total. The molecule has 0 saturated heterocycles. The van der Waals surface area contributed by atoms with Crippen molar-refractivity contribution in [2.24, 2.45) is 0 Å². The molecule has 0 spiro atoms. The Morgan fingerprint density at radius 3 is 2.65 bits per heavy atom. The summed E-state index contributed by atoms with van der Waals surface area (Å²) >= 11 is 5.97. The predicted molar refractivity (Wildman–Crippen MR) is 70.6 cm³/mol. The molecule has 0 aliphatic rings. The van der Waals surface area contributed by atoms with Gasteiger partial charge in [0.25, 0.3) is 0 Å². The molecule has 1 N–H and O–H groups in total. The SMILES string of the molecule is C=C(C)COCCNc1nc(C)c(C)nc1Cl. The predicted octanol–water partition coefficient (Wildman–Crippen LogP) is 2.75. The lowest BCUT2D eigenvalue weighted by molar-refractivity contribution is 0.167. The van der Waals surface area contributed by atoms with Gasteiger partial charge in [-0.05, 0) is 20.8 Å². The van der Waals surface area contributed by atoms with Crippen molar-refractivity contribution in [3.05, 3.63) is 28.7 Å². The second-order valence-corrected chi connectivity index (χ2v) is 4.33. The maximum absolute atomic E-state index is 5.97. The van der Waals surface area contributed by atoms with Crippen molar-refractivity contribution in [1.29, 1.82) is 0 Å². The standard InChI is InChI=1S/C12H18ClN3O/c1-8(2)7-17-6-5-14-12-11(13)15-9(3)10(4)16-12/h1,5-7H2,2-4H3,(H,14,16). The Bertz CT molecular complexity index is 407. The van der Waals surface area contributed by atoms with Gasteiger partial charge in [-0.15, -0.1) is 0 Å². The van der Waals surface area contributed by atoms with Crippen LogP contribution in [0.3, 0.4) is 0 Å². The van der Waals surface area contributed by atoms with Crippen LogP contribution in [0.4, 0.5) is 5.82 Å². The highest BCUT2D eigenvalue weighted by Gasteiger charge is 2.05. The van der Waals surface area contributed by atoms with E-state index in [9.17, 15) is 0 Å². The number of nitrogens with zero attached hydrogens (tertiary/aromatic N) is 2. The lowest BCUT2D eigenvalue weighted by Gasteiger charge is -2.09. The number of nitrogens with one attached hydrogen (secondary N) is 1. The summed E-state index contributed by atoms with van der Waals surface area (Å²) in [6, 6.07) is 0. The molecule has 0 amide bonds. The Balaban J connectivity index is 2.41. The quantitative estimate of drug-likeness (QED) is 0.627. The second-order valence-electron chi connectivity index (χ2n) is 3.97. The normalized spacial score (nSPS) is 10.4. The number of anilines is 1. The van der Waals surface area contributed by atoms with Gasteiger partial charge < -0.3 is 10.1 Å². The van der Waals surface area contributed by atoms with Crippen molar-refractivity contribution in [1.82, 2.24) is 9.97 Å². The summed E-state index contributed by atoms with van der Waals surface area (Å²) in [5.41, 5.74) is 2.73. The largest absolute Gasteiger partial charge is 0.375 e. The molecular weight excluding hydrogens is 238 g/mol. The Kier molecular flexibility index (Phi) is 5.38. The van der Waals surface area contributed by atoms with Gasteiger partial charge in [-0.2, -0.15) is 0 Å². The minimum absolute atomic E-state index is 0.396. The van der Waals surface area contributed by atoms with Crippen LogP contribution in [-0.4, -0.2) is 29.7 Å². The van der Waals surface area contributed by atoms with E-state index in [2.05, 4.69) is 21.9 Å². The molecule has 0 fully saturated rings. The van der Waals surface area contributed by atoms with Crippen LogP contribution >= 0.6 is 11.6 Å². The van der Waals surface area contributed by atoms with Crippen molar-refractivity contribution in [2.75, 3.05) is 25.1 Å². The zero-order valence-electron chi connectivity index (χ0n) is 10.5. The van der Waals surface area contributed by atoms with E-state index in [1.807, 2.05) is 20.8 Å². The molecule has 1 heterocycles. The number of aromatic nitrogens is 2. The van der Waals surface area contributed by atoms with Gasteiger partial charge in [0, 0.05) is 6.54 Å². The van der Waals surface area contributed by atoms with E-state index in [4.69, 9.17) is 16.3 Å². The average Bonchev–Trinajstić information content (AvgIpc) is 2.24. The van der Waals surface area contributed by atoms with Crippen molar-refractivity contribution in [3.8, 4) is 0 Å². The Morgan fingerprint density at radius 2 is 2.00 bits per heavy atom. The average molecular weight is 256 g/mol. The number of hydrogen-bond acceptors (Lipinski definition) is 4. The van der Waals surface area contributed by atoms with E-state index in [0.717, 1.165) is 17.0 Å².